The molecule has 0 spiro atoms. The minimum Gasteiger partial charge on any atom is -0.493 e. The molecule has 1 aliphatic heterocycles. The lowest BCUT2D eigenvalue weighted by atomic mass is 9.86. The topological polar surface area (TPSA) is 41.9 Å². The van der Waals surface area contributed by atoms with E-state index in [-0.39, 0.29) is 11.5 Å². The highest BCUT2D eigenvalue weighted by Gasteiger charge is 2.42. The molecule has 0 aromatic heterocycles. The molecule has 0 radical (unpaired) electrons. The lowest BCUT2D eigenvalue weighted by Crippen LogP contribution is -2.34. The van der Waals surface area contributed by atoms with Crippen molar-refractivity contribution in [2.75, 3.05) is 6.61 Å². The van der Waals surface area contributed by atoms with E-state index in [1.807, 2.05) is 67.6 Å². The second-order valence-corrected chi connectivity index (χ2v) is 11.6. The van der Waals surface area contributed by atoms with E-state index in [1.54, 1.807) is 4.90 Å². The predicted octanol–water partition coefficient (Wildman–Crippen LogP) is 8.81. The van der Waals surface area contributed by atoms with Gasteiger partial charge in [0.15, 0.2) is 0 Å². The smallest absolute Gasteiger partial charge is 0.322 e. The molecule has 4 rings (SSSR count). The molecule has 0 bridgehead atoms. The molecule has 1 amide bonds. The molecule has 0 unspecified atom stereocenters. The molecule has 0 aliphatic carbocycles. The molecule has 35 heavy (non-hydrogen) atoms. The summed E-state index contributed by atoms with van der Waals surface area (Å²) >= 11 is 13.3. The first-order chi connectivity index (χ1) is 16.6. The molecule has 182 valence electrons. The molecule has 0 saturated heterocycles. The van der Waals surface area contributed by atoms with Crippen LogP contribution in [0, 0.1) is 0 Å². The van der Waals surface area contributed by atoms with Crippen molar-refractivity contribution in [2.45, 2.75) is 45.2 Å². The molecular weight excluding hydrogens is 592 g/mol. The molecule has 0 fully saturated rings. The molecule has 2 atom stereocenters. The molecule has 7 heteroatoms. The van der Waals surface area contributed by atoms with Crippen LogP contribution in [0.5, 0.6) is 5.75 Å². The van der Waals surface area contributed by atoms with Gasteiger partial charge in [0.25, 0.3) is 0 Å². The Morgan fingerprint density at radius 1 is 0.971 bits per heavy atom. The van der Waals surface area contributed by atoms with Crippen LogP contribution in [-0.2, 0) is 5.41 Å². The van der Waals surface area contributed by atoms with Crippen molar-refractivity contribution in [1.82, 2.24) is 4.90 Å². The van der Waals surface area contributed by atoms with Gasteiger partial charge in [0, 0.05) is 8.95 Å². The van der Waals surface area contributed by atoms with E-state index in [2.05, 4.69) is 58.7 Å². The summed E-state index contributed by atoms with van der Waals surface area (Å²) in [6.45, 7) is 8.92. The number of hydrogen-bond donors (Lipinski definition) is 0. The molecule has 1 aliphatic rings. The van der Waals surface area contributed by atoms with E-state index in [0.717, 1.165) is 31.2 Å². The van der Waals surface area contributed by atoms with Gasteiger partial charge in [0.05, 0.1) is 18.2 Å². The number of nitrogens with zero attached hydrogens (tertiary/aromatic N) is 2. The Morgan fingerprint density at radius 3 is 2.06 bits per heavy atom. The highest BCUT2D eigenvalue weighted by Crippen LogP contribution is 2.45. The van der Waals surface area contributed by atoms with Crippen LogP contribution >= 0.6 is 43.5 Å². The normalized spacial score (nSPS) is 17.9. The highest BCUT2D eigenvalue weighted by atomic mass is 79.9. The van der Waals surface area contributed by atoms with Crippen LogP contribution in [0.4, 0.5) is 4.79 Å². The summed E-state index contributed by atoms with van der Waals surface area (Å²) in [5, 5.41) is -0.585. The van der Waals surface area contributed by atoms with Gasteiger partial charge in [-0.3, -0.25) is 14.7 Å². The SMILES string of the molecule is CCOc1cc(C(C)(C)C)ccc1C1=N[C@@H](c2ccc(Br)cc2)[C@@H](c2ccc(Br)cc2)N1C(=O)Cl. The fourth-order valence-corrected chi connectivity index (χ4v) is 5.00. The zero-order chi connectivity index (χ0) is 25.3. The van der Waals surface area contributed by atoms with Crippen LogP contribution in [0.2, 0.25) is 0 Å². The average Bonchev–Trinajstić information content (AvgIpc) is 3.20. The minimum absolute atomic E-state index is 0.0518. The number of carbonyl (C=O) groups is 1. The van der Waals surface area contributed by atoms with Crippen molar-refractivity contribution in [3.8, 4) is 5.75 Å². The van der Waals surface area contributed by atoms with Gasteiger partial charge in [-0.25, -0.2) is 0 Å². The van der Waals surface area contributed by atoms with Crippen LogP contribution in [0.3, 0.4) is 0 Å². The summed E-state index contributed by atoms with van der Waals surface area (Å²) in [6.07, 6.45) is 0. The third-order valence-electron chi connectivity index (χ3n) is 6.07. The van der Waals surface area contributed by atoms with Crippen LogP contribution in [0.1, 0.15) is 62.0 Å². The number of halogens is 3. The second kappa shape index (κ2) is 10.5. The third kappa shape index (κ3) is 5.50. The maximum atomic E-state index is 13.0. The molecule has 3 aromatic rings. The summed E-state index contributed by atoms with van der Waals surface area (Å²) < 4.78 is 7.99. The van der Waals surface area contributed by atoms with Crippen molar-refractivity contribution in [2.24, 2.45) is 4.99 Å². The number of rotatable bonds is 5. The number of aliphatic imine (C=N–C) groups is 1. The van der Waals surface area contributed by atoms with E-state index in [1.165, 1.54) is 0 Å². The summed E-state index contributed by atoms with van der Waals surface area (Å²) in [5.74, 6) is 1.20. The Labute approximate surface area is 228 Å². The van der Waals surface area contributed by atoms with Gasteiger partial charge in [0.2, 0.25) is 0 Å². The van der Waals surface area contributed by atoms with Crippen molar-refractivity contribution in [3.05, 3.63) is 97.9 Å². The fraction of sp³-hybridized carbons (Fsp3) is 0.286. The molecule has 0 saturated carbocycles. The van der Waals surface area contributed by atoms with Gasteiger partial charge in [-0.15, -0.1) is 0 Å². The summed E-state index contributed by atoms with van der Waals surface area (Å²) in [6, 6.07) is 21.3. The number of ether oxygens (including phenoxy) is 1. The van der Waals surface area contributed by atoms with E-state index in [4.69, 9.17) is 21.3 Å². The Kier molecular flexibility index (Phi) is 7.74. The number of hydrogen-bond acceptors (Lipinski definition) is 3. The first-order valence-corrected chi connectivity index (χ1v) is 13.4. The largest absolute Gasteiger partial charge is 0.493 e. The van der Waals surface area contributed by atoms with E-state index in [0.29, 0.717) is 18.2 Å². The summed E-state index contributed by atoms with van der Waals surface area (Å²) in [7, 11) is 0. The first-order valence-electron chi connectivity index (χ1n) is 11.4. The Hall–Kier alpha value is -2.15. The number of benzene rings is 3. The first kappa shape index (κ1) is 25.9. The predicted molar refractivity (Wildman–Crippen MR) is 150 cm³/mol. The van der Waals surface area contributed by atoms with E-state index in [9.17, 15) is 4.79 Å². The van der Waals surface area contributed by atoms with E-state index < -0.39 is 11.4 Å². The van der Waals surface area contributed by atoms with Crippen LogP contribution < -0.4 is 4.74 Å². The molecule has 0 N–H and O–H groups in total. The maximum absolute atomic E-state index is 13.0. The Balaban J connectivity index is 1.91. The molecular formula is C28H27Br2ClN2O2. The van der Waals surface area contributed by atoms with Crippen LogP contribution in [-0.4, -0.2) is 22.7 Å². The average molecular weight is 619 g/mol. The van der Waals surface area contributed by atoms with Crippen LogP contribution in [0.15, 0.2) is 80.7 Å². The van der Waals surface area contributed by atoms with Gasteiger partial charge in [-0.05, 0) is 77.0 Å². The lowest BCUT2D eigenvalue weighted by molar-refractivity contribution is 0.231. The Morgan fingerprint density at radius 2 is 1.54 bits per heavy atom. The monoisotopic (exact) mass is 616 g/mol. The molecule has 1 heterocycles. The van der Waals surface area contributed by atoms with Crippen molar-refractivity contribution in [3.63, 3.8) is 0 Å². The van der Waals surface area contributed by atoms with Gasteiger partial charge >= 0.3 is 5.37 Å². The number of carbonyl (C=O) groups excluding carboxylic acids is 1. The second-order valence-electron chi connectivity index (χ2n) is 9.46. The minimum atomic E-state index is -0.585. The molecule has 4 nitrogen and oxygen atoms in total. The zero-order valence-electron chi connectivity index (χ0n) is 20.1. The maximum Gasteiger partial charge on any atom is 0.322 e. The quantitative estimate of drug-likeness (QED) is 0.212. The van der Waals surface area contributed by atoms with Crippen molar-refractivity contribution >= 4 is 54.7 Å². The summed E-state index contributed by atoms with van der Waals surface area (Å²) in [4.78, 5) is 19.7. The lowest BCUT2D eigenvalue weighted by Gasteiger charge is -2.28. The van der Waals surface area contributed by atoms with Gasteiger partial charge in [-0.2, -0.15) is 0 Å². The van der Waals surface area contributed by atoms with E-state index >= 15 is 0 Å². The van der Waals surface area contributed by atoms with Crippen LogP contribution in [0.25, 0.3) is 0 Å². The number of amides is 1. The standard InChI is InChI=1S/C28H27Br2ClN2O2/c1-5-35-23-16-19(28(2,3)4)10-15-22(23)26-32-24(17-6-11-20(29)12-7-17)25(33(26)27(31)34)18-8-13-21(30)14-9-18/h6-16,24-25H,5H2,1-4H3/t24-,25+/m0/s1. The number of amidine groups is 1. The van der Waals surface area contributed by atoms with Gasteiger partial charge in [0.1, 0.15) is 17.6 Å². The molecule has 3 aromatic carbocycles. The van der Waals surface area contributed by atoms with Crippen molar-refractivity contribution in [1.29, 1.82) is 0 Å². The third-order valence-corrected chi connectivity index (χ3v) is 7.31. The fourth-order valence-electron chi connectivity index (χ4n) is 4.29. The zero-order valence-corrected chi connectivity index (χ0v) is 24.0. The van der Waals surface area contributed by atoms with Gasteiger partial charge < -0.3 is 4.74 Å². The highest BCUT2D eigenvalue weighted by molar-refractivity contribution is 9.10. The summed E-state index contributed by atoms with van der Waals surface area (Å²) in [5.41, 5.74) is 3.77. The Bertz CT molecular complexity index is 1250. The van der Waals surface area contributed by atoms with Gasteiger partial charge in [-0.1, -0.05) is 83.0 Å². The van der Waals surface area contributed by atoms with Crippen molar-refractivity contribution < 1.29 is 9.53 Å².